The maximum absolute atomic E-state index is 12.1. The Morgan fingerprint density at radius 2 is 2.23 bits per heavy atom. The molecule has 2 aromatic heterocycles. The lowest BCUT2D eigenvalue weighted by atomic mass is 9.87. The number of aliphatic imine (C=N–C) groups is 1. The molecule has 156 valence electrons. The molecule has 3 heterocycles. The van der Waals surface area contributed by atoms with Crippen LogP contribution in [0.1, 0.15) is 30.5 Å². The number of benzene rings is 1. The number of aromatic amines is 1. The topological polar surface area (TPSA) is 90.4 Å². The normalized spacial score (nSPS) is 17.4. The first-order valence-corrected chi connectivity index (χ1v) is 11.4. The summed E-state index contributed by atoms with van der Waals surface area (Å²) in [5, 5.41) is 22.8. The Labute approximate surface area is 191 Å². The van der Waals surface area contributed by atoms with E-state index in [1.54, 1.807) is 18.5 Å². The molecule has 0 saturated carbocycles. The number of halogens is 2. The minimum absolute atomic E-state index is 0.258. The van der Waals surface area contributed by atoms with Crippen LogP contribution in [0.25, 0.3) is 11.1 Å². The van der Waals surface area contributed by atoms with Crippen LogP contribution in [-0.2, 0) is 17.6 Å². The molecular weight excluding hydrogens is 488 g/mol. The molecule has 0 amide bonds. The van der Waals surface area contributed by atoms with Gasteiger partial charge in [0.1, 0.15) is 5.84 Å². The molecule has 4 rings (SSSR count). The number of nitrogens with zero attached hydrogens (tertiary/aromatic N) is 2. The SMILES string of the molecule is CC1(C)Cc2cc(Cl)ccc2C(=N[C@@H](Cc2c(-c3cn[nH]c3)csc2Br)C(=O)O)N1. The molecular formula is C21H20BrClN4O2S. The maximum Gasteiger partial charge on any atom is 0.328 e. The highest BCUT2D eigenvalue weighted by Crippen LogP contribution is 2.36. The van der Waals surface area contributed by atoms with Gasteiger partial charge in [0.15, 0.2) is 6.04 Å². The van der Waals surface area contributed by atoms with E-state index in [4.69, 9.17) is 11.6 Å². The number of thiophene rings is 1. The molecule has 0 radical (unpaired) electrons. The van der Waals surface area contributed by atoms with Gasteiger partial charge >= 0.3 is 5.97 Å². The van der Waals surface area contributed by atoms with Crippen LogP contribution in [0, 0.1) is 0 Å². The summed E-state index contributed by atoms with van der Waals surface area (Å²) in [7, 11) is 0. The van der Waals surface area contributed by atoms with Crippen molar-refractivity contribution in [3.63, 3.8) is 0 Å². The molecule has 1 aliphatic rings. The van der Waals surface area contributed by atoms with Gasteiger partial charge in [-0.3, -0.25) is 10.1 Å². The molecule has 0 bridgehead atoms. The van der Waals surface area contributed by atoms with Gasteiger partial charge in [-0.25, -0.2) is 4.79 Å². The van der Waals surface area contributed by atoms with Gasteiger partial charge in [-0.05, 0) is 71.1 Å². The van der Waals surface area contributed by atoms with Crippen molar-refractivity contribution in [2.45, 2.75) is 38.3 Å². The monoisotopic (exact) mass is 506 g/mol. The molecule has 0 unspecified atom stereocenters. The fraction of sp³-hybridized carbons (Fsp3) is 0.286. The van der Waals surface area contributed by atoms with Gasteiger partial charge in [-0.15, -0.1) is 11.3 Å². The van der Waals surface area contributed by atoms with Crippen LogP contribution in [0.5, 0.6) is 0 Å². The molecule has 1 aromatic carbocycles. The molecule has 30 heavy (non-hydrogen) atoms. The van der Waals surface area contributed by atoms with Crippen LogP contribution in [0.2, 0.25) is 5.02 Å². The number of hydrogen-bond acceptors (Lipinski definition) is 4. The van der Waals surface area contributed by atoms with Gasteiger partial charge in [-0.1, -0.05) is 11.6 Å². The van der Waals surface area contributed by atoms with Crippen LogP contribution in [-0.4, -0.2) is 38.7 Å². The van der Waals surface area contributed by atoms with E-state index in [0.29, 0.717) is 10.9 Å². The van der Waals surface area contributed by atoms with Gasteiger partial charge in [0.25, 0.3) is 0 Å². The van der Waals surface area contributed by atoms with Crippen molar-refractivity contribution >= 4 is 50.7 Å². The van der Waals surface area contributed by atoms with Crippen molar-refractivity contribution in [1.29, 1.82) is 0 Å². The fourth-order valence-electron chi connectivity index (χ4n) is 3.68. The van der Waals surface area contributed by atoms with E-state index in [1.807, 2.05) is 17.5 Å². The van der Waals surface area contributed by atoms with Crippen LogP contribution >= 0.6 is 38.9 Å². The predicted molar refractivity (Wildman–Crippen MR) is 124 cm³/mol. The molecule has 0 aliphatic carbocycles. The number of nitrogens with one attached hydrogen (secondary N) is 2. The Bertz CT molecular complexity index is 1120. The van der Waals surface area contributed by atoms with Crippen LogP contribution in [0.4, 0.5) is 0 Å². The Balaban J connectivity index is 1.73. The van der Waals surface area contributed by atoms with E-state index < -0.39 is 12.0 Å². The van der Waals surface area contributed by atoms with E-state index in [0.717, 1.165) is 38.0 Å². The average Bonchev–Trinajstić information content (AvgIpc) is 3.30. The van der Waals surface area contributed by atoms with Gasteiger partial charge in [-0.2, -0.15) is 5.10 Å². The summed E-state index contributed by atoms with van der Waals surface area (Å²) in [5.74, 6) is -0.388. The van der Waals surface area contributed by atoms with Crippen molar-refractivity contribution in [1.82, 2.24) is 15.5 Å². The highest BCUT2D eigenvalue weighted by molar-refractivity contribution is 9.11. The summed E-state index contributed by atoms with van der Waals surface area (Å²) in [6.45, 7) is 4.13. The number of hydrogen-bond donors (Lipinski definition) is 3. The first-order chi connectivity index (χ1) is 14.2. The second-order valence-corrected chi connectivity index (χ2v) is 10.5. The van der Waals surface area contributed by atoms with Gasteiger partial charge in [0.05, 0.1) is 9.98 Å². The number of H-pyrrole nitrogens is 1. The summed E-state index contributed by atoms with van der Waals surface area (Å²) in [6.07, 6.45) is 4.56. The summed E-state index contributed by atoms with van der Waals surface area (Å²) in [6, 6.07) is 4.69. The average molecular weight is 508 g/mol. The molecule has 6 nitrogen and oxygen atoms in total. The number of carboxylic acid groups (broad SMARTS) is 1. The molecule has 1 atom stereocenters. The Kier molecular flexibility index (Phi) is 5.74. The number of rotatable bonds is 5. The molecule has 1 aliphatic heterocycles. The highest BCUT2D eigenvalue weighted by atomic mass is 79.9. The highest BCUT2D eigenvalue weighted by Gasteiger charge is 2.31. The first-order valence-electron chi connectivity index (χ1n) is 9.36. The Morgan fingerprint density at radius 1 is 1.43 bits per heavy atom. The number of aromatic nitrogens is 2. The number of carboxylic acids is 1. The third kappa shape index (κ3) is 4.31. The third-order valence-electron chi connectivity index (χ3n) is 5.03. The number of fused-ring (bicyclic) bond motifs is 1. The van der Waals surface area contributed by atoms with E-state index >= 15 is 0 Å². The van der Waals surface area contributed by atoms with Crippen molar-refractivity contribution in [3.05, 3.63) is 61.5 Å². The van der Waals surface area contributed by atoms with Crippen molar-refractivity contribution < 1.29 is 9.90 Å². The molecule has 3 aromatic rings. The summed E-state index contributed by atoms with van der Waals surface area (Å²) in [4.78, 5) is 16.8. The minimum atomic E-state index is -0.973. The lowest BCUT2D eigenvalue weighted by molar-refractivity contribution is -0.138. The van der Waals surface area contributed by atoms with Crippen LogP contribution < -0.4 is 5.32 Å². The van der Waals surface area contributed by atoms with Crippen molar-refractivity contribution in [2.24, 2.45) is 4.99 Å². The molecule has 3 N–H and O–H groups in total. The minimum Gasteiger partial charge on any atom is -0.480 e. The van der Waals surface area contributed by atoms with Crippen LogP contribution in [0.15, 0.2) is 44.8 Å². The molecule has 9 heteroatoms. The summed E-state index contributed by atoms with van der Waals surface area (Å²) >= 11 is 11.3. The van der Waals surface area contributed by atoms with E-state index in [2.05, 4.69) is 50.3 Å². The zero-order chi connectivity index (χ0) is 21.5. The van der Waals surface area contributed by atoms with E-state index in [-0.39, 0.29) is 12.0 Å². The van der Waals surface area contributed by atoms with E-state index in [9.17, 15) is 9.90 Å². The number of amidine groups is 1. The maximum atomic E-state index is 12.1. The second kappa shape index (κ2) is 8.17. The largest absolute Gasteiger partial charge is 0.480 e. The lowest BCUT2D eigenvalue weighted by Gasteiger charge is -2.35. The van der Waals surface area contributed by atoms with E-state index in [1.165, 1.54) is 11.3 Å². The molecule has 0 spiro atoms. The second-order valence-electron chi connectivity index (χ2n) is 7.91. The van der Waals surface area contributed by atoms with Gasteiger partial charge < -0.3 is 10.4 Å². The fourth-order valence-corrected chi connectivity index (χ4v) is 5.36. The summed E-state index contributed by atoms with van der Waals surface area (Å²) < 4.78 is 0.897. The van der Waals surface area contributed by atoms with Gasteiger partial charge in [0, 0.05) is 39.7 Å². The Hall–Kier alpha value is -2.16. The number of carbonyl (C=O) groups is 1. The predicted octanol–water partition coefficient (Wildman–Crippen LogP) is 4.92. The smallest absolute Gasteiger partial charge is 0.328 e. The summed E-state index contributed by atoms with van der Waals surface area (Å²) in [5.41, 5.74) is 4.47. The van der Waals surface area contributed by atoms with Crippen molar-refractivity contribution in [2.75, 3.05) is 0 Å². The van der Waals surface area contributed by atoms with Crippen molar-refractivity contribution in [3.8, 4) is 11.1 Å². The standard InChI is InChI=1S/C21H20BrClN4O2S/c1-21(2)7-11-5-13(23)3-4-14(11)19(27-21)26-17(20(28)29)6-15-16(10-30-18(15)22)12-8-24-25-9-12/h3-5,8-10,17H,6-7H2,1-2H3,(H,24,25)(H,26,27)(H,28,29)/t17-/m0/s1. The quantitative estimate of drug-likeness (QED) is 0.457. The van der Waals surface area contributed by atoms with Crippen LogP contribution in [0.3, 0.4) is 0 Å². The first kappa shape index (κ1) is 21.1. The molecule has 0 fully saturated rings. The Morgan fingerprint density at radius 3 is 2.93 bits per heavy atom. The third-order valence-corrected chi connectivity index (χ3v) is 7.11. The zero-order valence-corrected chi connectivity index (χ0v) is 19.5. The zero-order valence-electron chi connectivity index (χ0n) is 16.4. The number of aliphatic carboxylic acids is 1. The lowest BCUT2D eigenvalue weighted by Crippen LogP contribution is -2.50. The molecule has 0 saturated heterocycles. The van der Waals surface area contributed by atoms with Gasteiger partial charge in [0.2, 0.25) is 0 Å².